The van der Waals surface area contributed by atoms with Gasteiger partial charge in [-0.05, 0) is 228 Å². The summed E-state index contributed by atoms with van der Waals surface area (Å²) in [6.45, 7) is 7.79. The molecule has 75 heavy (non-hydrogen) atoms. The van der Waals surface area contributed by atoms with Crippen LogP contribution >= 0.6 is 0 Å². The molecular formula is C59H88N8O8. The Labute approximate surface area is 445 Å². The van der Waals surface area contributed by atoms with E-state index < -0.39 is 29.4 Å². The third-order valence-corrected chi connectivity index (χ3v) is 19.3. The lowest BCUT2D eigenvalue weighted by molar-refractivity contribution is -0.149. The quantitative estimate of drug-likeness (QED) is 0.0553. The molecule has 2 amide bonds. The van der Waals surface area contributed by atoms with Gasteiger partial charge in [0.15, 0.2) is 6.04 Å². The summed E-state index contributed by atoms with van der Waals surface area (Å²) < 4.78 is 12.5. The first-order valence-electron chi connectivity index (χ1n) is 29.8. The Morgan fingerprint density at radius 3 is 1.53 bits per heavy atom. The number of hydrogen-bond acceptors (Lipinski definition) is 12. The fourth-order valence-corrected chi connectivity index (χ4v) is 14.5. The number of nitrogens with zero attached hydrogens (tertiary/aromatic N) is 4. The van der Waals surface area contributed by atoms with Crippen LogP contribution in [0.15, 0.2) is 12.1 Å². The standard InChI is InChI=1S/C59H88N8O8/c68-54(69)50(64-56(72)58-22-15-40(16-23-58)17-24-58)21-34-74-44-11-7-32-66(37-44)30-3-1-9-42-35-48(46-13-5-28-60-52(46)62-42)49-36-43(63-53-47(49)14-6-29-61-53)10-2-4-31-67-33-8-12-45(38-67)75-39-51(55(70)71)65-57(73)59-25-18-41(19-26-59)20-27-59/h35-36,40-41,44-45,50-51H,1-34,37-39H2,(H,60,62)(H,61,63)(H,64,72)(H,65,73)(H,68,69)(H,70,71)/t40?,41?,44-,45-,50+,51-,58?,59?/m1/s1. The summed E-state index contributed by atoms with van der Waals surface area (Å²) in [5.74, 6) is 1.37. The number of ether oxygens (including phenoxy) is 2. The third kappa shape index (κ3) is 13.3. The molecule has 2 saturated heterocycles. The number of hydrogen-bond donors (Lipinski definition) is 6. The molecule has 6 aliphatic carbocycles. The molecule has 2 aromatic heterocycles. The zero-order chi connectivity index (χ0) is 51.8. The van der Waals surface area contributed by atoms with Crippen molar-refractivity contribution < 1.29 is 38.9 Å². The normalized spacial score (nSPS) is 28.3. The molecule has 0 radical (unpaired) electrons. The van der Waals surface area contributed by atoms with Gasteiger partial charge in [-0.2, -0.15) is 0 Å². The van der Waals surface area contributed by atoms with Crippen molar-refractivity contribution in [1.29, 1.82) is 0 Å². The van der Waals surface area contributed by atoms with E-state index in [1.807, 2.05) is 0 Å². The molecule has 12 rings (SSSR count). The van der Waals surface area contributed by atoms with Gasteiger partial charge >= 0.3 is 11.9 Å². The first-order chi connectivity index (χ1) is 36.5. The second kappa shape index (κ2) is 25.0. The summed E-state index contributed by atoms with van der Waals surface area (Å²) in [4.78, 5) is 66.6. The minimum atomic E-state index is -1.03. The van der Waals surface area contributed by atoms with Crippen molar-refractivity contribution >= 4 is 35.4 Å². The molecule has 6 saturated carbocycles. The van der Waals surface area contributed by atoms with Crippen LogP contribution in [-0.2, 0) is 54.3 Å². The van der Waals surface area contributed by atoms with E-state index in [0.29, 0.717) is 6.61 Å². The van der Waals surface area contributed by atoms with Crippen molar-refractivity contribution in [3.63, 3.8) is 0 Å². The molecule has 412 valence electrons. The summed E-state index contributed by atoms with van der Waals surface area (Å²) in [5, 5.41) is 33.2. The first-order valence-corrected chi connectivity index (χ1v) is 29.8. The van der Waals surface area contributed by atoms with Gasteiger partial charge in [0.2, 0.25) is 11.8 Å². The van der Waals surface area contributed by atoms with Gasteiger partial charge in [-0.15, -0.1) is 0 Å². The minimum Gasteiger partial charge on any atom is -0.480 e. The van der Waals surface area contributed by atoms with Gasteiger partial charge in [0.25, 0.3) is 0 Å². The summed E-state index contributed by atoms with van der Waals surface area (Å²) in [6, 6.07) is 2.80. The highest BCUT2D eigenvalue weighted by atomic mass is 16.5. The topological polar surface area (TPSA) is 208 Å². The number of pyridine rings is 2. The maximum absolute atomic E-state index is 13.4. The van der Waals surface area contributed by atoms with Crippen LogP contribution in [-0.4, -0.2) is 144 Å². The van der Waals surface area contributed by atoms with Gasteiger partial charge < -0.3 is 50.8 Å². The molecular weight excluding hydrogens is 949 g/mol. The second-order valence-corrected chi connectivity index (χ2v) is 24.3. The Balaban J connectivity index is 0.690. The van der Waals surface area contributed by atoms with Crippen molar-refractivity contribution in [3.8, 4) is 11.1 Å². The number of aromatic nitrogens is 2. The highest BCUT2D eigenvalue weighted by Crippen LogP contribution is 2.51. The Kier molecular flexibility index (Phi) is 18.0. The Morgan fingerprint density at radius 2 is 1.07 bits per heavy atom. The number of fused-ring (bicyclic) bond motifs is 8. The molecule has 16 nitrogen and oxygen atoms in total. The van der Waals surface area contributed by atoms with Crippen molar-refractivity contribution in [2.45, 2.75) is 198 Å². The number of carboxylic acid groups (broad SMARTS) is 2. The van der Waals surface area contributed by atoms with E-state index in [1.165, 1.54) is 22.3 Å². The van der Waals surface area contributed by atoms with Gasteiger partial charge in [-0.3, -0.25) is 9.59 Å². The van der Waals surface area contributed by atoms with Crippen molar-refractivity contribution in [2.75, 3.05) is 76.2 Å². The number of aliphatic carboxylic acids is 2. The number of carbonyl (C=O) groups is 4. The van der Waals surface area contributed by atoms with Crippen LogP contribution < -0.4 is 21.3 Å². The fourth-order valence-electron chi connectivity index (χ4n) is 14.5. The van der Waals surface area contributed by atoms with Gasteiger partial charge in [0.05, 0.1) is 18.8 Å². The van der Waals surface area contributed by atoms with Crippen LogP contribution in [0, 0.1) is 22.7 Å². The number of likely N-dealkylation sites (tertiary alicyclic amines) is 2. The molecule has 4 aliphatic heterocycles. The maximum atomic E-state index is 13.4. The van der Waals surface area contributed by atoms with Gasteiger partial charge in [-0.1, -0.05) is 0 Å². The molecule has 0 unspecified atom stereocenters. The predicted molar refractivity (Wildman–Crippen MR) is 289 cm³/mol. The smallest absolute Gasteiger partial charge is 0.328 e. The van der Waals surface area contributed by atoms with E-state index in [9.17, 15) is 29.4 Å². The van der Waals surface area contributed by atoms with Crippen molar-refractivity contribution in [1.82, 2.24) is 30.4 Å². The van der Waals surface area contributed by atoms with E-state index in [1.54, 1.807) is 0 Å². The molecule has 6 N–H and O–H groups in total. The molecule has 8 fully saturated rings. The van der Waals surface area contributed by atoms with E-state index in [0.717, 1.165) is 254 Å². The number of nitrogens with one attached hydrogen (secondary N) is 4. The number of unbranched alkanes of at least 4 members (excludes halogenated alkanes) is 2. The SMILES string of the molecule is O=C(O)[C@H](CCO[C@@H]1CCCN(CCCCc2cc(-c3cc(CCCCN4CCC[C@@H](OC[C@@H](NC(=O)C56CCC(CC5)CC6)C(=O)O)C4)nc4c3CCCN4)c3c(n2)NCCC3)C1)NC(=O)C12CCC(CC1)CC2. The van der Waals surface area contributed by atoms with Crippen LogP contribution in [0.5, 0.6) is 0 Å². The summed E-state index contributed by atoms with van der Waals surface area (Å²) in [6.07, 6.45) is 26.0. The van der Waals surface area contributed by atoms with Gasteiger partial charge in [0, 0.05) is 72.6 Å². The zero-order valence-electron chi connectivity index (χ0n) is 44.9. The number of amides is 2. The highest BCUT2D eigenvalue weighted by Gasteiger charge is 2.48. The van der Waals surface area contributed by atoms with Gasteiger partial charge in [0.1, 0.15) is 17.7 Å². The first kappa shape index (κ1) is 54.0. The number of carboxylic acids is 2. The average Bonchev–Trinajstić information content (AvgIpc) is 3.45. The largest absolute Gasteiger partial charge is 0.480 e. The van der Waals surface area contributed by atoms with Crippen LogP contribution in [0.1, 0.15) is 170 Å². The monoisotopic (exact) mass is 1040 g/mol. The van der Waals surface area contributed by atoms with E-state index in [4.69, 9.17) is 19.4 Å². The van der Waals surface area contributed by atoms with Gasteiger partial charge in [-0.25, -0.2) is 19.6 Å². The molecule has 4 bridgehead atoms. The number of piperidine rings is 2. The number of rotatable bonds is 24. The Morgan fingerprint density at radius 1 is 0.613 bits per heavy atom. The predicted octanol–water partition coefficient (Wildman–Crippen LogP) is 7.94. The molecule has 4 atom stereocenters. The van der Waals surface area contributed by atoms with E-state index >= 15 is 0 Å². The van der Waals surface area contributed by atoms with Crippen LogP contribution in [0.25, 0.3) is 11.1 Å². The summed E-state index contributed by atoms with van der Waals surface area (Å²) in [5.41, 5.74) is 6.71. The molecule has 2 aromatic rings. The Bertz CT molecular complexity index is 2290. The summed E-state index contributed by atoms with van der Waals surface area (Å²) >= 11 is 0. The van der Waals surface area contributed by atoms with Crippen molar-refractivity contribution in [3.05, 3.63) is 34.6 Å². The summed E-state index contributed by atoms with van der Waals surface area (Å²) in [7, 11) is 0. The molecule has 0 spiro atoms. The second-order valence-electron chi connectivity index (χ2n) is 24.3. The lowest BCUT2D eigenvalue weighted by Crippen LogP contribution is -2.53. The molecule has 16 heteroatoms. The lowest BCUT2D eigenvalue weighted by Gasteiger charge is -2.45. The van der Waals surface area contributed by atoms with E-state index in [2.05, 4.69) is 43.2 Å². The number of aryl methyl sites for hydroxylation is 2. The van der Waals surface area contributed by atoms with Crippen LogP contribution in [0.4, 0.5) is 11.6 Å². The molecule has 10 aliphatic rings. The Hall–Kier alpha value is -4.38. The molecule has 0 aromatic carbocycles. The maximum Gasteiger partial charge on any atom is 0.328 e. The lowest BCUT2D eigenvalue weighted by atomic mass is 9.60. The van der Waals surface area contributed by atoms with Crippen molar-refractivity contribution in [2.24, 2.45) is 22.7 Å². The van der Waals surface area contributed by atoms with E-state index in [-0.39, 0.29) is 42.5 Å². The van der Waals surface area contributed by atoms with Crippen LogP contribution in [0.2, 0.25) is 0 Å². The van der Waals surface area contributed by atoms with Crippen LogP contribution in [0.3, 0.4) is 0 Å². The third-order valence-electron chi connectivity index (χ3n) is 19.3. The minimum absolute atomic E-state index is 0.000393. The zero-order valence-corrected chi connectivity index (χ0v) is 44.9. The highest BCUT2D eigenvalue weighted by molar-refractivity contribution is 5.88. The number of anilines is 2. The average molecular weight is 1040 g/mol. The number of carbonyl (C=O) groups excluding carboxylic acids is 2. The fraction of sp³-hybridized carbons (Fsp3) is 0.763. The molecule has 6 heterocycles.